The first-order valence-electron chi connectivity index (χ1n) is 3.59. The molecule has 0 radical (unpaired) electrons. The summed E-state index contributed by atoms with van der Waals surface area (Å²) in [5, 5.41) is 0. The molecule has 9 heavy (non-hydrogen) atoms. The summed E-state index contributed by atoms with van der Waals surface area (Å²) in [6.45, 7) is 0. The number of hydrogen-bond acceptors (Lipinski definition) is 2. The standard InChI is InChI=1S/C7H15NS/c1-9-5-7(8)6-3-2-4-6/h6-7H,2-5,8H2,1H3. The van der Waals surface area contributed by atoms with Crippen molar-refractivity contribution in [1.82, 2.24) is 0 Å². The maximum Gasteiger partial charge on any atom is 0.0158 e. The summed E-state index contributed by atoms with van der Waals surface area (Å²) in [5.74, 6) is 2.00. The Labute approximate surface area is 61.4 Å². The van der Waals surface area contributed by atoms with Crippen molar-refractivity contribution in [3.8, 4) is 0 Å². The van der Waals surface area contributed by atoms with Gasteiger partial charge in [-0.2, -0.15) is 11.8 Å². The first kappa shape index (κ1) is 7.42. The van der Waals surface area contributed by atoms with E-state index in [-0.39, 0.29) is 0 Å². The molecule has 1 aliphatic rings. The summed E-state index contributed by atoms with van der Waals surface area (Å²) >= 11 is 1.86. The van der Waals surface area contributed by atoms with Crippen molar-refractivity contribution >= 4 is 11.8 Å². The van der Waals surface area contributed by atoms with Crippen molar-refractivity contribution in [3.63, 3.8) is 0 Å². The molecule has 0 saturated heterocycles. The maximum atomic E-state index is 5.87. The van der Waals surface area contributed by atoms with Gasteiger partial charge in [-0.1, -0.05) is 6.42 Å². The third-order valence-electron chi connectivity index (χ3n) is 2.11. The van der Waals surface area contributed by atoms with E-state index in [1.54, 1.807) is 0 Å². The maximum absolute atomic E-state index is 5.87. The molecule has 0 spiro atoms. The highest BCUT2D eigenvalue weighted by atomic mass is 32.2. The second-order valence-corrected chi connectivity index (χ2v) is 3.72. The average Bonchev–Trinajstić information content (AvgIpc) is 1.60. The van der Waals surface area contributed by atoms with Gasteiger partial charge in [0.15, 0.2) is 0 Å². The van der Waals surface area contributed by atoms with E-state index in [9.17, 15) is 0 Å². The molecule has 0 amide bonds. The third kappa shape index (κ3) is 1.87. The minimum atomic E-state index is 0.480. The van der Waals surface area contributed by atoms with Crippen LogP contribution in [0.3, 0.4) is 0 Å². The van der Waals surface area contributed by atoms with Gasteiger partial charge in [0.05, 0.1) is 0 Å². The molecule has 2 N–H and O–H groups in total. The molecule has 1 fully saturated rings. The van der Waals surface area contributed by atoms with Crippen LogP contribution in [0.2, 0.25) is 0 Å². The number of nitrogens with two attached hydrogens (primary N) is 1. The minimum Gasteiger partial charge on any atom is -0.327 e. The van der Waals surface area contributed by atoms with E-state index in [0.717, 1.165) is 11.7 Å². The van der Waals surface area contributed by atoms with Crippen LogP contribution in [0, 0.1) is 5.92 Å². The van der Waals surface area contributed by atoms with Crippen LogP contribution in [0.25, 0.3) is 0 Å². The smallest absolute Gasteiger partial charge is 0.0158 e. The fraction of sp³-hybridized carbons (Fsp3) is 1.00. The molecule has 1 nitrogen and oxygen atoms in total. The fourth-order valence-corrected chi connectivity index (χ4v) is 1.85. The van der Waals surface area contributed by atoms with Gasteiger partial charge in [-0.3, -0.25) is 0 Å². The average molecular weight is 145 g/mol. The SMILES string of the molecule is CSCC(N)C1CCC1. The van der Waals surface area contributed by atoms with Gasteiger partial charge < -0.3 is 5.73 Å². The molecule has 1 atom stereocenters. The molecule has 1 rings (SSSR count). The van der Waals surface area contributed by atoms with Crippen LogP contribution < -0.4 is 5.73 Å². The first-order valence-corrected chi connectivity index (χ1v) is 4.98. The highest BCUT2D eigenvalue weighted by Gasteiger charge is 2.23. The molecular formula is C7H15NS. The highest BCUT2D eigenvalue weighted by molar-refractivity contribution is 7.98. The lowest BCUT2D eigenvalue weighted by molar-refractivity contribution is 0.276. The summed E-state index contributed by atoms with van der Waals surface area (Å²) in [6, 6.07) is 0.480. The summed E-state index contributed by atoms with van der Waals surface area (Å²) in [6.07, 6.45) is 6.29. The normalized spacial score (nSPS) is 23.3. The second-order valence-electron chi connectivity index (χ2n) is 2.81. The van der Waals surface area contributed by atoms with Crippen molar-refractivity contribution in [2.24, 2.45) is 11.7 Å². The van der Waals surface area contributed by atoms with Crippen molar-refractivity contribution in [3.05, 3.63) is 0 Å². The van der Waals surface area contributed by atoms with E-state index >= 15 is 0 Å². The Bertz CT molecular complexity index is 81.0. The second kappa shape index (κ2) is 3.47. The Morgan fingerprint density at radius 2 is 2.33 bits per heavy atom. The van der Waals surface area contributed by atoms with E-state index in [4.69, 9.17) is 5.73 Å². The van der Waals surface area contributed by atoms with Crippen LogP contribution in [-0.4, -0.2) is 18.1 Å². The van der Waals surface area contributed by atoms with Gasteiger partial charge in [0.1, 0.15) is 0 Å². The Morgan fingerprint density at radius 1 is 1.67 bits per heavy atom. The number of hydrogen-bond donors (Lipinski definition) is 1. The lowest BCUT2D eigenvalue weighted by atomic mass is 9.81. The molecule has 0 aromatic rings. The minimum absolute atomic E-state index is 0.480. The van der Waals surface area contributed by atoms with Crippen molar-refractivity contribution < 1.29 is 0 Å². The fourth-order valence-electron chi connectivity index (χ4n) is 1.20. The van der Waals surface area contributed by atoms with Crippen LogP contribution in [0.4, 0.5) is 0 Å². The zero-order valence-electron chi connectivity index (χ0n) is 5.97. The van der Waals surface area contributed by atoms with Crippen LogP contribution in [0.15, 0.2) is 0 Å². The van der Waals surface area contributed by atoms with E-state index < -0.39 is 0 Å². The highest BCUT2D eigenvalue weighted by Crippen LogP contribution is 2.29. The van der Waals surface area contributed by atoms with E-state index in [1.807, 2.05) is 11.8 Å². The summed E-state index contributed by atoms with van der Waals surface area (Å²) < 4.78 is 0. The van der Waals surface area contributed by atoms with Gasteiger partial charge in [0.25, 0.3) is 0 Å². The summed E-state index contributed by atoms with van der Waals surface area (Å²) in [4.78, 5) is 0. The predicted octanol–water partition coefficient (Wildman–Crippen LogP) is 1.48. The molecule has 0 aromatic carbocycles. The zero-order valence-corrected chi connectivity index (χ0v) is 6.79. The predicted molar refractivity (Wildman–Crippen MR) is 43.7 cm³/mol. The van der Waals surface area contributed by atoms with Gasteiger partial charge >= 0.3 is 0 Å². The van der Waals surface area contributed by atoms with Gasteiger partial charge in [0, 0.05) is 11.8 Å². The molecule has 2 heteroatoms. The molecule has 0 aromatic heterocycles. The Kier molecular flexibility index (Phi) is 2.86. The molecule has 1 saturated carbocycles. The molecule has 0 heterocycles. The van der Waals surface area contributed by atoms with E-state index in [0.29, 0.717) is 6.04 Å². The summed E-state index contributed by atoms with van der Waals surface area (Å²) in [5.41, 5.74) is 5.87. The van der Waals surface area contributed by atoms with Gasteiger partial charge in [-0.25, -0.2) is 0 Å². The Hall–Kier alpha value is 0.310. The van der Waals surface area contributed by atoms with Crippen LogP contribution in [0.1, 0.15) is 19.3 Å². The molecule has 1 unspecified atom stereocenters. The molecule has 0 bridgehead atoms. The monoisotopic (exact) mass is 145 g/mol. The van der Waals surface area contributed by atoms with Gasteiger partial charge in [-0.05, 0) is 25.0 Å². The van der Waals surface area contributed by atoms with Crippen molar-refractivity contribution in [2.75, 3.05) is 12.0 Å². The third-order valence-corrected chi connectivity index (χ3v) is 2.83. The number of rotatable bonds is 3. The van der Waals surface area contributed by atoms with Crippen molar-refractivity contribution in [2.45, 2.75) is 25.3 Å². The van der Waals surface area contributed by atoms with Crippen molar-refractivity contribution in [1.29, 1.82) is 0 Å². The van der Waals surface area contributed by atoms with Crippen LogP contribution in [-0.2, 0) is 0 Å². The lowest BCUT2D eigenvalue weighted by Gasteiger charge is -2.30. The van der Waals surface area contributed by atoms with Crippen LogP contribution >= 0.6 is 11.8 Å². The molecule has 0 aliphatic heterocycles. The van der Waals surface area contributed by atoms with E-state index in [1.165, 1.54) is 19.3 Å². The topological polar surface area (TPSA) is 26.0 Å². The summed E-state index contributed by atoms with van der Waals surface area (Å²) in [7, 11) is 0. The molecular weight excluding hydrogens is 130 g/mol. The Balaban J connectivity index is 2.08. The zero-order chi connectivity index (χ0) is 6.69. The Morgan fingerprint density at radius 3 is 2.67 bits per heavy atom. The van der Waals surface area contributed by atoms with Gasteiger partial charge in [-0.15, -0.1) is 0 Å². The number of thioether (sulfide) groups is 1. The quantitative estimate of drug-likeness (QED) is 0.651. The van der Waals surface area contributed by atoms with E-state index in [2.05, 4.69) is 6.26 Å². The first-order chi connectivity index (χ1) is 4.34. The largest absolute Gasteiger partial charge is 0.327 e. The van der Waals surface area contributed by atoms with Gasteiger partial charge in [0.2, 0.25) is 0 Å². The molecule has 1 aliphatic carbocycles. The molecule has 54 valence electrons. The lowest BCUT2D eigenvalue weighted by Crippen LogP contribution is -2.36. The van der Waals surface area contributed by atoms with Crippen LogP contribution in [0.5, 0.6) is 0 Å².